The largest absolute Gasteiger partial charge is 0.319 e. The lowest BCUT2D eigenvalue weighted by atomic mass is 9.95. The molecule has 0 radical (unpaired) electrons. The Balaban J connectivity index is 3.89. The van der Waals surface area contributed by atoms with E-state index in [4.69, 9.17) is 0 Å². The van der Waals surface area contributed by atoms with Gasteiger partial charge in [-0.3, -0.25) is 0 Å². The van der Waals surface area contributed by atoms with Crippen LogP contribution < -0.4 is 5.32 Å². The SMILES string of the molecule is CNCC(CN(C)CC(C)C)C(C)C. The van der Waals surface area contributed by atoms with E-state index < -0.39 is 0 Å². The van der Waals surface area contributed by atoms with E-state index in [9.17, 15) is 0 Å². The van der Waals surface area contributed by atoms with Crippen LogP contribution in [0, 0.1) is 17.8 Å². The van der Waals surface area contributed by atoms with Crippen LogP contribution in [0.5, 0.6) is 0 Å². The molecule has 0 fully saturated rings. The van der Waals surface area contributed by atoms with E-state index in [2.05, 4.69) is 45.0 Å². The van der Waals surface area contributed by atoms with E-state index in [0.717, 1.165) is 24.3 Å². The Morgan fingerprint density at radius 2 is 1.64 bits per heavy atom. The molecule has 2 heteroatoms. The number of nitrogens with zero attached hydrogens (tertiary/aromatic N) is 1. The van der Waals surface area contributed by atoms with E-state index in [1.54, 1.807) is 0 Å². The highest BCUT2D eigenvalue weighted by atomic mass is 15.1. The first kappa shape index (κ1) is 13.9. The lowest BCUT2D eigenvalue weighted by Gasteiger charge is -2.27. The first-order valence-corrected chi connectivity index (χ1v) is 5.80. The van der Waals surface area contributed by atoms with Gasteiger partial charge in [-0.2, -0.15) is 0 Å². The van der Waals surface area contributed by atoms with Gasteiger partial charge in [0.05, 0.1) is 0 Å². The molecule has 0 rings (SSSR count). The Morgan fingerprint density at radius 1 is 1.07 bits per heavy atom. The van der Waals surface area contributed by atoms with Crippen LogP contribution in [-0.2, 0) is 0 Å². The second-order valence-corrected chi connectivity index (χ2v) is 5.18. The van der Waals surface area contributed by atoms with Crippen LogP contribution in [0.25, 0.3) is 0 Å². The molecule has 0 aromatic carbocycles. The summed E-state index contributed by atoms with van der Waals surface area (Å²) in [5, 5.41) is 3.28. The molecule has 1 N–H and O–H groups in total. The van der Waals surface area contributed by atoms with E-state index in [-0.39, 0.29) is 0 Å². The Bertz CT molecular complexity index is 132. The minimum atomic E-state index is 0.761. The first-order chi connectivity index (χ1) is 6.47. The topological polar surface area (TPSA) is 15.3 Å². The molecule has 0 aromatic heterocycles. The van der Waals surface area contributed by atoms with Crippen LogP contribution in [0.3, 0.4) is 0 Å². The fraction of sp³-hybridized carbons (Fsp3) is 1.00. The van der Waals surface area contributed by atoms with Crippen molar-refractivity contribution in [1.82, 2.24) is 10.2 Å². The molecular formula is C12H28N2. The fourth-order valence-electron chi connectivity index (χ4n) is 1.87. The molecule has 0 aromatic rings. The summed E-state index contributed by atoms with van der Waals surface area (Å²) in [5.41, 5.74) is 0. The van der Waals surface area contributed by atoms with Crippen LogP contribution in [0.4, 0.5) is 0 Å². The van der Waals surface area contributed by atoms with Gasteiger partial charge in [0.1, 0.15) is 0 Å². The van der Waals surface area contributed by atoms with Gasteiger partial charge < -0.3 is 10.2 Å². The van der Waals surface area contributed by atoms with Gasteiger partial charge in [0, 0.05) is 13.1 Å². The summed E-state index contributed by atoms with van der Waals surface area (Å²) in [6, 6.07) is 0. The monoisotopic (exact) mass is 200 g/mol. The van der Waals surface area contributed by atoms with Gasteiger partial charge in [-0.1, -0.05) is 27.7 Å². The number of nitrogens with one attached hydrogen (secondary N) is 1. The maximum atomic E-state index is 3.28. The van der Waals surface area contributed by atoms with Crippen molar-refractivity contribution in [2.45, 2.75) is 27.7 Å². The normalized spacial score (nSPS) is 14.4. The lowest BCUT2D eigenvalue weighted by Crippen LogP contribution is -2.35. The average molecular weight is 200 g/mol. The van der Waals surface area contributed by atoms with Crippen LogP contribution in [0.1, 0.15) is 27.7 Å². The van der Waals surface area contributed by atoms with Crippen LogP contribution in [0.15, 0.2) is 0 Å². The third-order valence-electron chi connectivity index (χ3n) is 2.63. The second kappa shape index (κ2) is 7.24. The van der Waals surface area contributed by atoms with Crippen molar-refractivity contribution >= 4 is 0 Å². The Kier molecular flexibility index (Phi) is 7.20. The molecule has 0 aliphatic rings. The summed E-state index contributed by atoms with van der Waals surface area (Å²) in [4.78, 5) is 2.45. The van der Waals surface area contributed by atoms with E-state index in [1.165, 1.54) is 13.1 Å². The highest BCUT2D eigenvalue weighted by molar-refractivity contribution is 4.69. The zero-order valence-corrected chi connectivity index (χ0v) is 10.8. The van der Waals surface area contributed by atoms with Crippen LogP contribution in [-0.4, -0.2) is 38.6 Å². The van der Waals surface area contributed by atoms with Gasteiger partial charge in [0.2, 0.25) is 0 Å². The Hall–Kier alpha value is -0.0800. The molecule has 86 valence electrons. The fourth-order valence-corrected chi connectivity index (χ4v) is 1.87. The second-order valence-electron chi connectivity index (χ2n) is 5.18. The van der Waals surface area contributed by atoms with Gasteiger partial charge in [-0.05, 0) is 38.4 Å². The van der Waals surface area contributed by atoms with Crippen molar-refractivity contribution in [1.29, 1.82) is 0 Å². The third-order valence-corrected chi connectivity index (χ3v) is 2.63. The van der Waals surface area contributed by atoms with Crippen molar-refractivity contribution in [3.8, 4) is 0 Å². The van der Waals surface area contributed by atoms with Crippen LogP contribution >= 0.6 is 0 Å². The van der Waals surface area contributed by atoms with E-state index >= 15 is 0 Å². The van der Waals surface area contributed by atoms with Crippen molar-refractivity contribution in [3.05, 3.63) is 0 Å². The van der Waals surface area contributed by atoms with Crippen LogP contribution in [0.2, 0.25) is 0 Å². The highest BCUT2D eigenvalue weighted by Crippen LogP contribution is 2.11. The minimum Gasteiger partial charge on any atom is -0.319 e. The molecule has 0 saturated heterocycles. The zero-order chi connectivity index (χ0) is 11.1. The highest BCUT2D eigenvalue weighted by Gasteiger charge is 2.15. The van der Waals surface area contributed by atoms with Crippen molar-refractivity contribution in [2.24, 2.45) is 17.8 Å². The van der Waals surface area contributed by atoms with Gasteiger partial charge in [-0.15, -0.1) is 0 Å². The third kappa shape index (κ3) is 6.39. The summed E-state index contributed by atoms with van der Waals surface area (Å²) >= 11 is 0. The summed E-state index contributed by atoms with van der Waals surface area (Å²) in [6.45, 7) is 12.7. The summed E-state index contributed by atoms with van der Waals surface area (Å²) < 4.78 is 0. The van der Waals surface area contributed by atoms with Gasteiger partial charge in [0.25, 0.3) is 0 Å². The zero-order valence-electron chi connectivity index (χ0n) is 10.8. The van der Waals surface area contributed by atoms with Crippen molar-refractivity contribution in [3.63, 3.8) is 0 Å². The maximum absolute atomic E-state index is 3.28. The first-order valence-electron chi connectivity index (χ1n) is 5.80. The van der Waals surface area contributed by atoms with E-state index in [0.29, 0.717) is 0 Å². The molecule has 0 aliphatic heterocycles. The molecule has 0 spiro atoms. The van der Waals surface area contributed by atoms with Gasteiger partial charge in [0.15, 0.2) is 0 Å². The molecule has 1 unspecified atom stereocenters. The molecular weight excluding hydrogens is 172 g/mol. The molecule has 0 bridgehead atoms. The predicted octanol–water partition coefficient (Wildman–Crippen LogP) is 2.07. The maximum Gasteiger partial charge on any atom is 0.00213 e. The quantitative estimate of drug-likeness (QED) is 0.677. The summed E-state index contributed by atoms with van der Waals surface area (Å²) in [6.07, 6.45) is 0. The van der Waals surface area contributed by atoms with Gasteiger partial charge >= 0.3 is 0 Å². The molecule has 14 heavy (non-hydrogen) atoms. The Labute approximate surface area is 90.1 Å². The molecule has 0 aliphatic carbocycles. The molecule has 1 atom stereocenters. The van der Waals surface area contributed by atoms with Crippen molar-refractivity contribution < 1.29 is 0 Å². The number of rotatable bonds is 7. The number of hydrogen-bond acceptors (Lipinski definition) is 2. The molecule has 0 saturated carbocycles. The van der Waals surface area contributed by atoms with E-state index in [1.807, 2.05) is 7.05 Å². The Morgan fingerprint density at radius 3 is 2.00 bits per heavy atom. The average Bonchev–Trinajstić information content (AvgIpc) is 2.01. The molecule has 2 nitrogen and oxygen atoms in total. The summed E-state index contributed by atoms with van der Waals surface area (Å²) in [5.74, 6) is 2.29. The van der Waals surface area contributed by atoms with Gasteiger partial charge in [-0.25, -0.2) is 0 Å². The molecule has 0 heterocycles. The standard InChI is InChI=1S/C12H28N2/c1-10(2)8-14(6)9-12(7-13-5)11(3)4/h10-13H,7-9H2,1-6H3. The predicted molar refractivity (Wildman–Crippen MR) is 64.6 cm³/mol. The lowest BCUT2D eigenvalue weighted by molar-refractivity contribution is 0.215. The molecule has 0 amide bonds. The summed E-state index contributed by atoms with van der Waals surface area (Å²) in [7, 11) is 4.27. The number of hydrogen-bond donors (Lipinski definition) is 1. The smallest absolute Gasteiger partial charge is 0.00213 e. The minimum absolute atomic E-state index is 0.761. The van der Waals surface area contributed by atoms with Crippen molar-refractivity contribution in [2.75, 3.05) is 33.7 Å².